The summed E-state index contributed by atoms with van der Waals surface area (Å²) in [5.74, 6) is 0. The molecule has 0 N–H and O–H groups in total. The molecule has 1 nitrogen and oxygen atoms in total. The predicted octanol–water partition coefficient (Wildman–Crippen LogP) is 18.9. The van der Waals surface area contributed by atoms with Crippen LogP contribution in [0.1, 0.15) is 22.3 Å². The first kappa shape index (κ1) is 38.1. The van der Waals surface area contributed by atoms with Gasteiger partial charge in [0, 0.05) is 68.2 Å². The van der Waals surface area contributed by atoms with Crippen LogP contribution in [0.2, 0.25) is 0 Å². The van der Waals surface area contributed by atoms with Gasteiger partial charge in [0.2, 0.25) is 0 Å². The Balaban J connectivity index is 0.947. The maximum atomic E-state index is 2.46. The van der Waals surface area contributed by atoms with Crippen LogP contribution in [-0.4, -0.2) is 0 Å². The fourth-order valence-electron chi connectivity index (χ4n) is 11.9. The van der Waals surface area contributed by atoms with Gasteiger partial charge in [-0.1, -0.05) is 188 Å². The molecule has 14 aromatic rings. The van der Waals surface area contributed by atoms with E-state index < -0.39 is 5.41 Å². The second-order valence-electron chi connectivity index (χ2n) is 18.3. The van der Waals surface area contributed by atoms with Crippen molar-refractivity contribution in [1.82, 2.24) is 0 Å². The zero-order valence-corrected chi connectivity index (χ0v) is 38.4. The van der Waals surface area contributed by atoms with Crippen LogP contribution in [0, 0.1) is 0 Å². The topological polar surface area (TPSA) is 3.24 Å². The summed E-state index contributed by atoms with van der Waals surface area (Å²) in [6.45, 7) is 0. The van der Waals surface area contributed by atoms with Crippen LogP contribution in [-0.2, 0) is 5.41 Å². The highest BCUT2D eigenvalue weighted by Crippen LogP contribution is 2.56. The molecule has 0 saturated heterocycles. The monoisotopic (exact) mass is 897 g/mol. The molecule has 1 aliphatic carbocycles. The van der Waals surface area contributed by atoms with Crippen LogP contribution in [0.5, 0.6) is 0 Å². The van der Waals surface area contributed by atoms with Gasteiger partial charge in [0.15, 0.2) is 0 Å². The van der Waals surface area contributed by atoms with Crippen LogP contribution in [0.15, 0.2) is 237 Å². The molecule has 0 saturated carbocycles. The van der Waals surface area contributed by atoms with E-state index in [0.717, 1.165) is 17.1 Å². The summed E-state index contributed by atoms with van der Waals surface area (Å²) in [5.41, 5.74) is 10.6. The first-order valence-corrected chi connectivity index (χ1v) is 25.0. The third-order valence-corrected chi connectivity index (χ3v) is 17.3. The molecular weight excluding hydrogens is 859 g/mol. The van der Waals surface area contributed by atoms with E-state index in [1.165, 1.54) is 117 Å². The Morgan fingerprint density at radius 2 is 0.706 bits per heavy atom. The molecule has 15 rings (SSSR count). The lowest BCUT2D eigenvalue weighted by Gasteiger charge is -2.34. The standard InChI is InChI=1S/C65H39NS2/c1-2-12-44(13-3-1)65(57-18-8-4-14-51(57)52-15-5-9-19-58(52)65)45-28-30-46(31-29-45)66(47-32-36-49-42(38-47)24-22-40-26-34-55-53-16-6-10-20-59(53)67-63(55)61(40)49)48-33-37-50-43(39-48)25-23-41-27-35-56-54-17-7-11-21-60(54)68-64(56)62(41)50/h1-39H. The van der Waals surface area contributed by atoms with E-state index in [9.17, 15) is 0 Å². The van der Waals surface area contributed by atoms with Gasteiger partial charge in [0.05, 0.1) is 5.41 Å². The van der Waals surface area contributed by atoms with Gasteiger partial charge in [0.25, 0.3) is 0 Å². The molecule has 1 aliphatic rings. The first-order chi connectivity index (χ1) is 33.7. The van der Waals surface area contributed by atoms with E-state index in [-0.39, 0.29) is 0 Å². The molecule has 316 valence electrons. The number of nitrogens with zero attached hydrogens (tertiary/aromatic N) is 1. The second-order valence-corrected chi connectivity index (χ2v) is 20.4. The Morgan fingerprint density at radius 1 is 0.294 bits per heavy atom. The summed E-state index contributed by atoms with van der Waals surface area (Å²) >= 11 is 3.81. The predicted molar refractivity (Wildman–Crippen MR) is 294 cm³/mol. The first-order valence-electron chi connectivity index (χ1n) is 23.4. The van der Waals surface area contributed by atoms with Crippen LogP contribution in [0.4, 0.5) is 17.1 Å². The van der Waals surface area contributed by atoms with Gasteiger partial charge >= 0.3 is 0 Å². The third-order valence-electron chi connectivity index (χ3n) is 14.9. The van der Waals surface area contributed by atoms with Crippen LogP contribution >= 0.6 is 22.7 Å². The molecule has 0 spiro atoms. The lowest BCUT2D eigenvalue weighted by Crippen LogP contribution is -2.28. The van der Waals surface area contributed by atoms with E-state index in [4.69, 9.17) is 0 Å². The minimum atomic E-state index is -0.471. The second kappa shape index (κ2) is 14.5. The summed E-state index contributed by atoms with van der Waals surface area (Å²) in [6.07, 6.45) is 0. The molecule has 0 radical (unpaired) electrons. The maximum absolute atomic E-state index is 2.46. The minimum absolute atomic E-state index is 0.471. The molecule has 0 unspecified atom stereocenters. The van der Waals surface area contributed by atoms with Crippen molar-refractivity contribution < 1.29 is 0 Å². The van der Waals surface area contributed by atoms with Crippen molar-refractivity contribution in [1.29, 1.82) is 0 Å². The van der Waals surface area contributed by atoms with Crippen LogP contribution in [0.3, 0.4) is 0 Å². The van der Waals surface area contributed by atoms with Crippen molar-refractivity contribution in [2.24, 2.45) is 0 Å². The number of benzene rings is 12. The van der Waals surface area contributed by atoms with E-state index >= 15 is 0 Å². The van der Waals surface area contributed by atoms with Crippen molar-refractivity contribution in [3.05, 3.63) is 259 Å². The molecular formula is C65H39NS2. The van der Waals surface area contributed by atoms with Gasteiger partial charge in [-0.2, -0.15) is 0 Å². The average Bonchev–Trinajstić information content (AvgIpc) is 4.08. The molecule has 0 bridgehead atoms. The van der Waals surface area contributed by atoms with Gasteiger partial charge in [-0.15, -0.1) is 22.7 Å². The van der Waals surface area contributed by atoms with Gasteiger partial charge in [-0.25, -0.2) is 0 Å². The average molecular weight is 898 g/mol. The van der Waals surface area contributed by atoms with Gasteiger partial charge in [-0.3, -0.25) is 0 Å². The Hall–Kier alpha value is -8.08. The van der Waals surface area contributed by atoms with Gasteiger partial charge in [0.1, 0.15) is 0 Å². The van der Waals surface area contributed by atoms with E-state index in [1.54, 1.807) is 0 Å². The highest BCUT2D eigenvalue weighted by Gasteiger charge is 2.45. The number of hydrogen-bond donors (Lipinski definition) is 0. The summed E-state index contributed by atoms with van der Waals surface area (Å²) in [5, 5.41) is 15.5. The Labute approximate surface area is 401 Å². The number of hydrogen-bond acceptors (Lipinski definition) is 3. The van der Waals surface area contributed by atoms with Gasteiger partial charge in [-0.05, 0) is 114 Å². The Kier molecular flexibility index (Phi) is 8.09. The number of thiophene rings is 2. The summed E-state index contributed by atoms with van der Waals surface area (Å²) < 4.78 is 5.36. The van der Waals surface area contributed by atoms with Crippen LogP contribution in [0.25, 0.3) is 94.6 Å². The zero-order chi connectivity index (χ0) is 44.5. The fraction of sp³-hybridized carbons (Fsp3) is 0.0154. The molecule has 0 atom stereocenters. The fourth-order valence-corrected chi connectivity index (χ4v) is 14.5. The normalized spacial score (nSPS) is 13.1. The molecule has 0 aliphatic heterocycles. The van der Waals surface area contributed by atoms with Crippen molar-refractivity contribution in [3.63, 3.8) is 0 Å². The Morgan fingerprint density at radius 3 is 1.25 bits per heavy atom. The Bertz CT molecular complexity index is 4150. The van der Waals surface area contributed by atoms with Crippen molar-refractivity contribution in [2.45, 2.75) is 5.41 Å². The summed E-state index contributed by atoms with van der Waals surface area (Å²) in [6, 6.07) is 88.8. The highest BCUT2D eigenvalue weighted by atomic mass is 32.1. The quantitative estimate of drug-likeness (QED) is 0.156. The molecule has 0 fully saturated rings. The van der Waals surface area contributed by atoms with Crippen molar-refractivity contribution in [3.8, 4) is 11.1 Å². The van der Waals surface area contributed by atoms with Crippen molar-refractivity contribution >= 4 is 123 Å². The maximum Gasteiger partial charge on any atom is 0.0713 e. The lowest BCUT2D eigenvalue weighted by molar-refractivity contribution is 0.768. The number of rotatable bonds is 5. The molecule has 0 amide bonds. The summed E-state index contributed by atoms with van der Waals surface area (Å²) in [7, 11) is 0. The molecule has 2 aromatic heterocycles. The van der Waals surface area contributed by atoms with Crippen LogP contribution < -0.4 is 4.90 Å². The van der Waals surface area contributed by atoms with Gasteiger partial charge < -0.3 is 4.90 Å². The van der Waals surface area contributed by atoms with E-state index in [0.29, 0.717) is 0 Å². The minimum Gasteiger partial charge on any atom is -0.310 e. The highest BCUT2D eigenvalue weighted by molar-refractivity contribution is 7.27. The van der Waals surface area contributed by atoms with E-state index in [1.807, 2.05) is 22.7 Å². The van der Waals surface area contributed by atoms with E-state index in [2.05, 4.69) is 241 Å². The largest absolute Gasteiger partial charge is 0.310 e. The summed E-state index contributed by atoms with van der Waals surface area (Å²) in [4.78, 5) is 2.46. The lowest BCUT2D eigenvalue weighted by atomic mass is 9.68. The zero-order valence-electron chi connectivity index (χ0n) is 36.8. The smallest absolute Gasteiger partial charge is 0.0713 e. The third kappa shape index (κ3) is 5.31. The number of fused-ring (bicyclic) bond motifs is 17. The molecule has 3 heteroatoms. The SMILES string of the molecule is c1ccc(C2(c3ccc(N(c4ccc5c(ccc6ccc7c8ccccc8sc7c65)c4)c4ccc5c(ccc6ccc7c8ccccc8sc7c65)c4)cc3)c3ccccc3-c3ccccc32)cc1. The number of anilines is 3. The molecule has 12 aromatic carbocycles. The molecule has 68 heavy (non-hydrogen) atoms. The van der Waals surface area contributed by atoms with Crippen molar-refractivity contribution in [2.75, 3.05) is 4.90 Å². The molecule has 2 heterocycles.